The number of Topliss-reactive ketones (excluding diaryl/α,β-unsaturated/α-hetero) is 1. The van der Waals surface area contributed by atoms with Crippen molar-refractivity contribution in [1.82, 2.24) is 4.90 Å². The van der Waals surface area contributed by atoms with Gasteiger partial charge < -0.3 is 11.1 Å². The van der Waals surface area contributed by atoms with Gasteiger partial charge in [0.2, 0.25) is 5.91 Å². The first-order valence-electron chi connectivity index (χ1n) is 7.87. The summed E-state index contributed by atoms with van der Waals surface area (Å²) in [4.78, 5) is 26.1. The van der Waals surface area contributed by atoms with Crippen LogP contribution in [0.15, 0.2) is 24.3 Å². The van der Waals surface area contributed by atoms with Crippen molar-refractivity contribution in [3.63, 3.8) is 0 Å². The molecule has 3 N–H and O–H groups in total. The number of carbonyl (C=O) groups excluding carboxylic acids is 2. The number of rotatable bonds is 5. The second kappa shape index (κ2) is 9.01. The van der Waals surface area contributed by atoms with Gasteiger partial charge in [-0.1, -0.05) is 19.1 Å². The summed E-state index contributed by atoms with van der Waals surface area (Å²) in [6.07, 6.45) is 2.25. The molecule has 1 aromatic carbocycles. The molecule has 6 heteroatoms. The highest BCUT2D eigenvalue weighted by Crippen LogP contribution is 2.22. The molecule has 2 rings (SSSR count). The zero-order valence-corrected chi connectivity index (χ0v) is 14.6. The first kappa shape index (κ1) is 19.6. The van der Waals surface area contributed by atoms with Crippen LogP contribution in [0.3, 0.4) is 0 Å². The Morgan fingerprint density at radius 2 is 2.04 bits per heavy atom. The van der Waals surface area contributed by atoms with Crippen LogP contribution in [-0.4, -0.2) is 42.3 Å². The van der Waals surface area contributed by atoms with Gasteiger partial charge in [-0.3, -0.25) is 14.5 Å². The lowest BCUT2D eigenvalue weighted by Gasteiger charge is -2.38. The Bertz CT molecular complexity index is 550. The highest BCUT2D eigenvalue weighted by Gasteiger charge is 2.28. The molecule has 0 bridgehead atoms. The molecule has 2 atom stereocenters. The molecule has 0 spiro atoms. The van der Waals surface area contributed by atoms with Gasteiger partial charge in [0, 0.05) is 18.2 Å². The largest absolute Gasteiger partial charge is 0.329 e. The van der Waals surface area contributed by atoms with E-state index in [0.717, 1.165) is 19.4 Å². The van der Waals surface area contributed by atoms with Crippen molar-refractivity contribution in [2.45, 2.75) is 32.7 Å². The fourth-order valence-corrected chi connectivity index (χ4v) is 3.19. The van der Waals surface area contributed by atoms with Gasteiger partial charge in [0.25, 0.3) is 0 Å². The Morgan fingerprint density at radius 1 is 1.35 bits per heavy atom. The van der Waals surface area contributed by atoms with Gasteiger partial charge >= 0.3 is 0 Å². The Morgan fingerprint density at radius 3 is 2.70 bits per heavy atom. The highest BCUT2D eigenvalue weighted by molar-refractivity contribution is 6.04. The highest BCUT2D eigenvalue weighted by atomic mass is 35.5. The van der Waals surface area contributed by atoms with Crippen LogP contribution < -0.4 is 11.1 Å². The molecule has 1 aromatic rings. The number of nitrogens with zero attached hydrogens (tertiary/aromatic N) is 1. The maximum Gasteiger partial charge on any atom is 0.238 e. The number of anilines is 1. The molecule has 2 unspecified atom stereocenters. The molecule has 1 aliphatic rings. The van der Waals surface area contributed by atoms with Gasteiger partial charge in [-0.15, -0.1) is 12.4 Å². The van der Waals surface area contributed by atoms with Crippen LogP contribution in [0.2, 0.25) is 0 Å². The van der Waals surface area contributed by atoms with E-state index < -0.39 is 0 Å². The van der Waals surface area contributed by atoms with Crippen molar-refractivity contribution in [3.05, 3.63) is 29.8 Å². The Kier molecular flexibility index (Phi) is 7.68. The minimum Gasteiger partial charge on any atom is -0.329 e. The molecule has 5 nitrogen and oxygen atoms in total. The van der Waals surface area contributed by atoms with E-state index in [9.17, 15) is 9.59 Å². The van der Waals surface area contributed by atoms with Crippen LogP contribution in [0.25, 0.3) is 0 Å². The van der Waals surface area contributed by atoms with E-state index in [4.69, 9.17) is 5.73 Å². The van der Waals surface area contributed by atoms with E-state index in [-0.39, 0.29) is 30.1 Å². The van der Waals surface area contributed by atoms with Crippen molar-refractivity contribution in [2.24, 2.45) is 11.7 Å². The normalized spacial score (nSPS) is 21.3. The minimum atomic E-state index is -0.0961. The maximum absolute atomic E-state index is 12.3. The predicted molar refractivity (Wildman–Crippen MR) is 95.1 cm³/mol. The molecule has 0 saturated carbocycles. The van der Waals surface area contributed by atoms with E-state index >= 15 is 0 Å². The monoisotopic (exact) mass is 339 g/mol. The van der Waals surface area contributed by atoms with Gasteiger partial charge in [-0.05, 0) is 44.4 Å². The quantitative estimate of drug-likeness (QED) is 0.807. The molecule has 1 heterocycles. The molecule has 1 saturated heterocycles. The van der Waals surface area contributed by atoms with Crippen molar-refractivity contribution in [1.29, 1.82) is 0 Å². The Balaban J connectivity index is 0.00000264. The molecule has 0 radical (unpaired) electrons. The third kappa shape index (κ3) is 5.03. The summed E-state index contributed by atoms with van der Waals surface area (Å²) < 4.78 is 0. The van der Waals surface area contributed by atoms with E-state index in [0.29, 0.717) is 30.3 Å². The van der Waals surface area contributed by atoms with E-state index in [1.807, 2.05) is 6.07 Å². The zero-order valence-electron chi connectivity index (χ0n) is 13.7. The third-order valence-electron chi connectivity index (χ3n) is 4.40. The van der Waals surface area contributed by atoms with Gasteiger partial charge in [-0.2, -0.15) is 0 Å². The first-order valence-corrected chi connectivity index (χ1v) is 7.87. The van der Waals surface area contributed by atoms with Crippen LogP contribution in [-0.2, 0) is 4.79 Å². The summed E-state index contributed by atoms with van der Waals surface area (Å²) in [7, 11) is 0. The maximum atomic E-state index is 12.3. The van der Waals surface area contributed by atoms with Crippen LogP contribution >= 0.6 is 12.4 Å². The van der Waals surface area contributed by atoms with Crippen LogP contribution in [0, 0.1) is 5.92 Å². The van der Waals surface area contributed by atoms with Crippen LogP contribution in [0.4, 0.5) is 5.69 Å². The second-order valence-corrected chi connectivity index (χ2v) is 6.04. The van der Waals surface area contributed by atoms with Crippen molar-refractivity contribution >= 4 is 29.8 Å². The topological polar surface area (TPSA) is 75.4 Å². The Labute approximate surface area is 144 Å². The number of nitrogens with one attached hydrogen (secondary N) is 1. The number of piperidine rings is 1. The molecule has 128 valence electrons. The summed E-state index contributed by atoms with van der Waals surface area (Å²) in [5.41, 5.74) is 6.98. The third-order valence-corrected chi connectivity index (χ3v) is 4.40. The lowest BCUT2D eigenvalue weighted by Crippen LogP contribution is -2.51. The number of hydrogen-bond donors (Lipinski definition) is 2. The van der Waals surface area contributed by atoms with Gasteiger partial charge in [0.1, 0.15) is 0 Å². The number of benzene rings is 1. The smallest absolute Gasteiger partial charge is 0.238 e. The fraction of sp³-hybridized carbons (Fsp3) is 0.529. The van der Waals surface area contributed by atoms with Crippen molar-refractivity contribution in [2.75, 3.05) is 25.0 Å². The molecule has 1 fully saturated rings. The summed E-state index contributed by atoms with van der Waals surface area (Å²) in [6.45, 7) is 5.47. The second-order valence-electron chi connectivity index (χ2n) is 6.04. The molecule has 0 aromatic heterocycles. The number of para-hydroxylation sites is 1. The average Bonchev–Trinajstić information content (AvgIpc) is 2.47. The number of carbonyl (C=O) groups is 2. The van der Waals surface area contributed by atoms with E-state index in [1.165, 1.54) is 6.92 Å². The molecule has 23 heavy (non-hydrogen) atoms. The van der Waals surface area contributed by atoms with Gasteiger partial charge in [-0.25, -0.2) is 0 Å². The number of likely N-dealkylation sites (tertiary alicyclic amines) is 1. The number of nitrogens with two attached hydrogens (primary N) is 1. The van der Waals surface area contributed by atoms with E-state index in [1.54, 1.807) is 18.2 Å². The fourth-order valence-electron chi connectivity index (χ4n) is 3.19. The SMILES string of the molecule is CC(=O)c1ccccc1NC(=O)CN1CCCC(C)C1CN.Cl. The average molecular weight is 340 g/mol. The van der Waals surface area contributed by atoms with E-state index in [2.05, 4.69) is 17.1 Å². The lowest BCUT2D eigenvalue weighted by atomic mass is 9.91. The first-order chi connectivity index (χ1) is 10.5. The number of ketones is 1. The summed E-state index contributed by atoms with van der Waals surface area (Å²) in [5.74, 6) is 0.361. The number of halogens is 1. The van der Waals surface area contributed by atoms with Crippen molar-refractivity contribution in [3.8, 4) is 0 Å². The van der Waals surface area contributed by atoms with Crippen LogP contribution in [0.1, 0.15) is 37.0 Å². The summed E-state index contributed by atoms with van der Waals surface area (Å²) in [5, 5.41) is 2.86. The lowest BCUT2D eigenvalue weighted by molar-refractivity contribution is -0.118. The molecular weight excluding hydrogens is 314 g/mol. The molecular formula is C17H26ClN3O2. The van der Waals surface area contributed by atoms with Gasteiger partial charge in [0.15, 0.2) is 5.78 Å². The van der Waals surface area contributed by atoms with Crippen molar-refractivity contribution < 1.29 is 9.59 Å². The Hall–Kier alpha value is -1.43. The standard InChI is InChI=1S/C17H25N3O2.ClH/c1-12-6-5-9-20(16(12)10-18)11-17(22)19-15-8-4-3-7-14(15)13(2)21;/h3-4,7-8,12,16H,5-6,9-11,18H2,1-2H3,(H,19,22);1H. The van der Waals surface area contributed by atoms with Crippen LogP contribution in [0.5, 0.6) is 0 Å². The summed E-state index contributed by atoms with van der Waals surface area (Å²) in [6, 6.07) is 7.34. The molecule has 1 aliphatic heterocycles. The number of hydrogen-bond acceptors (Lipinski definition) is 4. The zero-order chi connectivity index (χ0) is 16.1. The predicted octanol–water partition coefficient (Wildman–Crippen LogP) is 2.31. The summed E-state index contributed by atoms with van der Waals surface area (Å²) >= 11 is 0. The molecule has 1 amide bonds. The van der Waals surface area contributed by atoms with Gasteiger partial charge in [0.05, 0.1) is 12.2 Å². The molecule has 0 aliphatic carbocycles. The minimum absolute atomic E-state index is 0. The number of amides is 1.